The second kappa shape index (κ2) is 4.39. The topological polar surface area (TPSA) is 36.4 Å². The highest BCUT2D eigenvalue weighted by Gasteiger charge is 2.33. The predicted octanol–water partition coefficient (Wildman–Crippen LogP) is 1.93. The molecule has 0 aliphatic carbocycles. The lowest BCUT2D eigenvalue weighted by atomic mass is 9.90. The summed E-state index contributed by atoms with van der Waals surface area (Å²) in [4.78, 5) is 6.62. The molecule has 1 unspecified atom stereocenters. The van der Waals surface area contributed by atoms with E-state index in [1.165, 1.54) is 11.1 Å². The summed E-state index contributed by atoms with van der Waals surface area (Å²) in [5.41, 5.74) is 2.47. The van der Waals surface area contributed by atoms with Gasteiger partial charge in [-0.25, -0.2) is 0 Å². The zero-order valence-corrected chi connectivity index (χ0v) is 11.2. The van der Waals surface area contributed by atoms with Gasteiger partial charge in [0, 0.05) is 19.3 Å². The van der Waals surface area contributed by atoms with E-state index in [4.69, 9.17) is 0 Å². The summed E-state index contributed by atoms with van der Waals surface area (Å²) >= 11 is 0. The van der Waals surface area contributed by atoms with Crippen molar-refractivity contribution in [2.75, 3.05) is 13.6 Å². The molecule has 0 fully saturated rings. The number of nitrogens with zero attached hydrogens (tertiary/aromatic N) is 2. The van der Waals surface area contributed by atoms with Crippen LogP contribution in [-0.2, 0) is 18.6 Å². The molecule has 1 aliphatic heterocycles. The van der Waals surface area contributed by atoms with Crippen LogP contribution in [0, 0.1) is 5.92 Å². The van der Waals surface area contributed by atoms with Crippen molar-refractivity contribution in [3.05, 3.63) is 29.1 Å². The third-order valence-corrected chi connectivity index (χ3v) is 3.20. The highest BCUT2D eigenvalue weighted by molar-refractivity contribution is 5.31. The normalized spacial score (nSPS) is 25.1. The van der Waals surface area contributed by atoms with Crippen molar-refractivity contribution in [3.8, 4) is 0 Å². The number of β-amino-alcohol motifs (C(OH)–C–C–N with tert-alkyl or cyclic N) is 1. The molecular formula is C14H22N2O. The summed E-state index contributed by atoms with van der Waals surface area (Å²) in [5.74, 6) is 0.636. The lowest BCUT2D eigenvalue weighted by molar-refractivity contribution is 0.00410. The van der Waals surface area contributed by atoms with Gasteiger partial charge in [0.15, 0.2) is 0 Å². The number of aliphatic hydroxyl groups is 1. The van der Waals surface area contributed by atoms with E-state index < -0.39 is 5.60 Å². The first kappa shape index (κ1) is 12.5. The molecule has 0 bridgehead atoms. The van der Waals surface area contributed by atoms with Crippen molar-refractivity contribution in [1.82, 2.24) is 9.88 Å². The van der Waals surface area contributed by atoms with E-state index in [0.717, 1.165) is 18.7 Å². The average molecular weight is 234 g/mol. The van der Waals surface area contributed by atoms with Crippen LogP contribution in [-0.4, -0.2) is 28.6 Å². The molecule has 3 heteroatoms. The quantitative estimate of drug-likeness (QED) is 0.849. The molecule has 2 rings (SSSR count). The van der Waals surface area contributed by atoms with Crippen LogP contribution in [0.3, 0.4) is 0 Å². The van der Waals surface area contributed by atoms with Gasteiger partial charge in [0.25, 0.3) is 0 Å². The maximum Gasteiger partial charge on any atom is 0.117 e. The van der Waals surface area contributed by atoms with E-state index >= 15 is 0 Å². The monoisotopic (exact) mass is 234 g/mol. The van der Waals surface area contributed by atoms with E-state index in [-0.39, 0.29) is 0 Å². The van der Waals surface area contributed by atoms with Crippen molar-refractivity contribution in [2.45, 2.75) is 39.3 Å². The molecule has 0 saturated carbocycles. The minimum atomic E-state index is -0.821. The van der Waals surface area contributed by atoms with Crippen molar-refractivity contribution < 1.29 is 5.11 Å². The molecule has 3 nitrogen and oxygen atoms in total. The smallest absolute Gasteiger partial charge is 0.117 e. The van der Waals surface area contributed by atoms with Crippen molar-refractivity contribution in [1.29, 1.82) is 0 Å². The number of rotatable bonds is 2. The van der Waals surface area contributed by atoms with Gasteiger partial charge in [0.05, 0.1) is 5.69 Å². The highest BCUT2D eigenvalue weighted by atomic mass is 16.3. The maximum atomic E-state index is 10.4. The average Bonchev–Trinajstić information content (AvgIpc) is 2.13. The number of hydrogen-bond donors (Lipinski definition) is 1. The molecule has 2 heterocycles. The van der Waals surface area contributed by atoms with Crippen LogP contribution < -0.4 is 0 Å². The Kier molecular flexibility index (Phi) is 3.23. The second-order valence-corrected chi connectivity index (χ2v) is 5.90. The van der Waals surface area contributed by atoms with Gasteiger partial charge < -0.3 is 5.11 Å². The highest BCUT2D eigenvalue weighted by Crippen LogP contribution is 2.29. The van der Waals surface area contributed by atoms with Crippen LogP contribution in [0.25, 0.3) is 0 Å². The molecular weight excluding hydrogens is 212 g/mol. The van der Waals surface area contributed by atoms with Crippen LogP contribution in [0.2, 0.25) is 0 Å². The van der Waals surface area contributed by atoms with E-state index in [0.29, 0.717) is 12.5 Å². The van der Waals surface area contributed by atoms with Gasteiger partial charge in [0.2, 0.25) is 0 Å². The number of aromatic nitrogens is 1. The molecule has 1 aliphatic rings. The minimum absolute atomic E-state index is 0.636. The van der Waals surface area contributed by atoms with Crippen LogP contribution >= 0.6 is 0 Å². The standard InChI is InChI=1S/C14H22N2O/c1-10(2)5-11-6-12-8-16(4)9-14(3,17)13(12)15-7-11/h6-7,10,17H,5,8-9H2,1-4H3. The Morgan fingerprint density at radius 3 is 2.88 bits per heavy atom. The fourth-order valence-electron chi connectivity index (χ4n) is 2.70. The van der Waals surface area contributed by atoms with Crippen molar-refractivity contribution in [3.63, 3.8) is 0 Å². The number of fused-ring (bicyclic) bond motifs is 1. The molecule has 17 heavy (non-hydrogen) atoms. The largest absolute Gasteiger partial charge is 0.382 e. The summed E-state index contributed by atoms with van der Waals surface area (Å²) in [7, 11) is 2.03. The molecule has 94 valence electrons. The Balaban J connectivity index is 2.35. The molecule has 1 aromatic rings. The third kappa shape index (κ3) is 2.67. The molecule has 1 N–H and O–H groups in total. The Bertz CT molecular complexity index is 413. The fourth-order valence-corrected chi connectivity index (χ4v) is 2.70. The molecule has 1 atom stereocenters. The lowest BCUT2D eigenvalue weighted by Gasteiger charge is -2.35. The van der Waals surface area contributed by atoms with E-state index in [1.54, 1.807) is 0 Å². The fraction of sp³-hybridized carbons (Fsp3) is 0.643. The van der Waals surface area contributed by atoms with Crippen molar-refractivity contribution in [2.24, 2.45) is 5.92 Å². The summed E-state index contributed by atoms with van der Waals surface area (Å²) in [5, 5.41) is 10.4. The molecule has 0 amide bonds. The summed E-state index contributed by atoms with van der Waals surface area (Å²) < 4.78 is 0. The first-order chi connectivity index (χ1) is 7.88. The SMILES string of the molecule is CC(C)Cc1cnc2c(c1)CN(C)CC2(C)O. The van der Waals surface area contributed by atoms with Crippen molar-refractivity contribution >= 4 is 0 Å². The molecule has 0 spiro atoms. The molecule has 1 aromatic heterocycles. The third-order valence-electron chi connectivity index (χ3n) is 3.20. The molecule has 0 radical (unpaired) electrons. The first-order valence-corrected chi connectivity index (χ1v) is 6.27. The van der Waals surface area contributed by atoms with Gasteiger partial charge >= 0.3 is 0 Å². The Morgan fingerprint density at radius 1 is 1.53 bits per heavy atom. The van der Waals surface area contributed by atoms with E-state index in [2.05, 4.69) is 29.8 Å². The molecule has 0 saturated heterocycles. The predicted molar refractivity (Wildman–Crippen MR) is 68.7 cm³/mol. The zero-order valence-electron chi connectivity index (χ0n) is 11.2. The Morgan fingerprint density at radius 2 is 2.24 bits per heavy atom. The van der Waals surface area contributed by atoms with Gasteiger partial charge in [-0.15, -0.1) is 0 Å². The van der Waals surface area contributed by atoms with Gasteiger partial charge in [0.1, 0.15) is 5.60 Å². The van der Waals surface area contributed by atoms with E-state index in [1.807, 2.05) is 20.2 Å². The number of likely N-dealkylation sites (N-methyl/N-ethyl adjacent to an activating group) is 1. The van der Waals surface area contributed by atoms with E-state index in [9.17, 15) is 5.11 Å². The van der Waals surface area contributed by atoms with Gasteiger partial charge in [-0.05, 0) is 37.4 Å². The number of hydrogen-bond acceptors (Lipinski definition) is 3. The lowest BCUT2D eigenvalue weighted by Crippen LogP contribution is -2.42. The first-order valence-electron chi connectivity index (χ1n) is 6.27. The Hall–Kier alpha value is -0.930. The van der Waals surface area contributed by atoms with Gasteiger partial charge in [-0.1, -0.05) is 19.9 Å². The summed E-state index contributed by atoms with van der Waals surface area (Å²) in [6, 6.07) is 2.20. The van der Waals surface area contributed by atoms with Crippen LogP contribution in [0.4, 0.5) is 0 Å². The second-order valence-electron chi connectivity index (χ2n) is 5.90. The zero-order chi connectivity index (χ0) is 12.6. The van der Waals surface area contributed by atoms with Gasteiger partial charge in [-0.2, -0.15) is 0 Å². The van der Waals surface area contributed by atoms with Gasteiger partial charge in [-0.3, -0.25) is 9.88 Å². The minimum Gasteiger partial charge on any atom is -0.382 e. The maximum absolute atomic E-state index is 10.4. The van der Waals surface area contributed by atoms with Crippen LogP contribution in [0.1, 0.15) is 37.6 Å². The Labute approximate surface area is 103 Å². The number of pyridine rings is 1. The summed E-state index contributed by atoms with van der Waals surface area (Å²) in [6.07, 6.45) is 2.96. The summed E-state index contributed by atoms with van der Waals surface area (Å²) in [6.45, 7) is 7.79. The van der Waals surface area contributed by atoms with Crippen LogP contribution in [0.5, 0.6) is 0 Å². The molecule has 0 aromatic carbocycles. The van der Waals surface area contributed by atoms with Crippen LogP contribution in [0.15, 0.2) is 12.3 Å².